The number of anilines is 14. The zero-order valence-electron chi connectivity index (χ0n) is 64.2. The van der Waals surface area contributed by atoms with Gasteiger partial charge in [-0.3, -0.25) is 0 Å². The van der Waals surface area contributed by atoms with E-state index in [0.29, 0.717) is 0 Å². The SMILES string of the molecule is Brc1cc(Br)cc(-c2cc(Br)cc(Br)c2)c1.Brc1cc(Br)cc(Br)c1.Cc1ccc(N(c2ccc(C)cc2)c2cc(-c3cc(N(c4ccc(C)cc4)c4ccc(C)cc4)cc(N(c4ccc(C)cc4)c4ccc(C)cc4)c3)cc(N(c3ccc(C)cc3)c3ccc(C)cc3)c2)cc1.Cc1ccc(Nc2ccc(C)cc2)cc1. The van der Waals surface area contributed by atoms with Crippen LogP contribution in [0.2, 0.25) is 0 Å². The van der Waals surface area contributed by atoms with Gasteiger partial charge in [-0.15, -0.1) is 0 Å². The summed E-state index contributed by atoms with van der Waals surface area (Å²) in [5.74, 6) is 0. The molecule has 0 unspecified atom stereocenters. The zero-order valence-corrected chi connectivity index (χ0v) is 75.3. The maximum atomic E-state index is 3.49. The molecule has 0 fully saturated rings. The largest absolute Gasteiger partial charge is 0.356 e. The highest BCUT2D eigenvalue weighted by molar-refractivity contribution is 9.12. The van der Waals surface area contributed by atoms with Gasteiger partial charge in [0.05, 0.1) is 0 Å². The number of nitrogens with zero attached hydrogens (tertiary/aromatic N) is 4. The summed E-state index contributed by atoms with van der Waals surface area (Å²) in [7, 11) is 0. The summed E-state index contributed by atoms with van der Waals surface area (Å²) in [4.78, 5) is 9.59. The third-order valence-electron chi connectivity index (χ3n) is 18.8. The minimum Gasteiger partial charge on any atom is -0.356 e. The van der Waals surface area contributed by atoms with Gasteiger partial charge in [0.2, 0.25) is 0 Å². The second-order valence-corrected chi connectivity index (χ2v) is 34.7. The van der Waals surface area contributed by atoms with E-state index in [-0.39, 0.29) is 0 Å². The number of halogens is 7. The Balaban J connectivity index is 0.000000232. The molecule has 0 amide bonds. The van der Waals surface area contributed by atoms with Crippen molar-refractivity contribution >= 4 is 191 Å². The fraction of sp³-hybridized carbons (Fsp3) is 0.100. The summed E-state index contributed by atoms with van der Waals surface area (Å²) < 4.78 is 7.47. The van der Waals surface area contributed by atoms with Crippen molar-refractivity contribution in [3.8, 4) is 22.3 Å². The van der Waals surface area contributed by atoms with Gasteiger partial charge in [-0.2, -0.15) is 0 Å². The van der Waals surface area contributed by atoms with Gasteiger partial charge in [0, 0.05) is 111 Å². The van der Waals surface area contributed by atoms with Gasteiger partial charge in [0.1, 0.15) is 0 Å². The van der Waals surface area contributed by atoms with Gasteiger partial charge in [-0.1, -0.05) is 288 Å². The van der Waals surface area contributed by atoms with Crippen LogP contribution in [0.4, 0.5) is 79.6 Å². The van der Waals surface area contributed by atoms with Crippen LogP contribution in [0.15, 0.2) is 365 Å². The van der Waals surface area contributed by atoms with Gasteiger partial charge in [-0.05, 0) is 304 Å². The van der Waals surface area contributed by atoms with Crippen LogP contribution in [0.1, 0.15) is 55.6 Å². The van der Waals surface area contributed by atoms with Crippen molar-refractivity contribution in [1.82, 2.24) is 0 Å². The second-order valence-electron chi connectivity index (χ2n) is 28.3. The molecule has 15 aromatic rings. The summed E-state index contributed by atoms with van der Waals surface area (Å²) in [6, 6.07) is 120. The maximum Gasteiger partial charge on any atom is 0.0488 e. The van der Waals surface area contributed by atoms with Crippen LogP contribution in [0.25, 0.3) is 22.3 Å². The Kier molecular flexibility index (Phi) is 28.2. The van der Waals surface area contributed by atoms with Crippen LogP contribution in [0.5, 0.6) is 0 Å². The lowest BCUT2D eigenvalue weighted by Gasteiger charge is -2.32. The van der Waals surface area contributed by atoms with Gasteiger partial charge in [0.25, 0.3) is 0 Å². The molecule has 0 spiro atoms. The number of rotatable bonds is 16. The summed E-state index contributed by atoms with van der Waals surface area (Å²) in [6.07, 6.45) is 0. The van der Waals surface area contributed by atoms with E-state index in [2.05, 4.69) is 509 Å². The molecule has 0 radical (unpaired) electrons. The third kappa shape index (κ3) is 22.5. The molecule has 1 N–H and O–H groups in total. The first kappa shape index (κ1) is 82.1. The molecule has 15 rings (SSSR count). The lowest BCUT2D eigenvalue weighted by molar-refractivity contribution is 1.23. The van der Waals surface area contributed by atoms with Crippen LogP contribution in [-0.2, 0) is 0 Å². The highest BCUT2D eigenvalue weighted by Gasteiger charge is 2.24. The Morgan fingerprint density at radius 2 is 0.286 bits per heavy atom. The Hall–Kier alpha value is -9.34. The summed E-state index contributed by atoms with van der Waals surface area (Å²) in [5, 5.41) is 3.36. The molecule has 0 heterocycles. The number of aryl methyl sites for hydroxylation is 10. The highest BCUT2D eigenvalue weighted by atomic mass is 79.9. The molecule has 0 aromatic heterocycles. The first-order valence-corrected chi connectivity index (χ1v) is 42.4. The van der Waals surface area contributed by atoms with E-state index in [1.807, 2.05) is 30.3 Å². The quantitative estimate of drug-likeness (QED) is 0.104. The molecule has 560 valence electrons. The Morgan fingerprint density at radius 1 is 0.152 bits per heavy atom. The number of hydrogen-bond acceptors (Lipinski definition) is 5. The summed E-state index contributed by atoms with van der Waals surface area (Å²) in [6.45, 7) is 21.4. The van der Waals surface area contributed by atoms with E-state index in [9.17, 15) is 0 Å². The minimum atomic E-state index is 1.04. The second kappa shape index (κ2) is 38.5. The summed E-state index contributed by atoms with van der Waals surface area (Å²) in [5.41, 5.74) is 31.8. The molecule has 15 aromatic carbocycles. The Bertz CT molecular complexity index is 4820. The molecule has 0 aliphatic heterocycles. The van der Waals surface area contributed by atoms with Crippen LogP contribution in [-0.4, -0.2) is 0 Å². The fourth-order valence-corrected chi connectivity index (χ4v) is 17.8. The lowest BCUT2D eigenvalue weighted by Crippen LogP contribution is -2.15. The molecule has 0 saturated heterocycles. The van der Waals surface area contributed by atoms with Gasteiger partial charge in [0.15, 0.2) is 0 Å². The minimum absolute atomic E-state index is 1.04. The lowest BCUT2D eigenvalue weighted by atomic mass is 9.99. The first-order valence-electron chi connectivity index (χ1n) is 36.9. The molecule has 0 atom stereocenters. The molecule has 112 heavy (non-hydrogen) atoms. The van der Waals surface area contributed by atoms with E-state index < -0.39 is 0 Å². The van der Waals surface area contributed by atoms with Crippen LogP contribution in [0, 0.1) is 69.2 Å². The Morgan fingerprint density at radius 3 is 0.446 bits per heavy atom. The molecule has 0 aliphatic carbocycles. The van der Waals surface area contributed by atoms with Crippen molar-refractivity contribution in [2.24, 2.45) is 0 Å². The molecular formula is C100H86Br7N5. The highest BCUT2D eigenvalue weighted by Crippen LogP contribution is 2.48. The zero-order chi connectivity index (χ0) is 79.1. The number of hydrogen-bond donors (Lipinski definition) is 1. The van der Waals surface area contributed by atoms with Crippen LogP contribution in [0.3, 0.4) is 0 Å². The molecular weight excluding hydrogens is 1830 g/mol. The van der Waals surface area contributed by atoms with E-state index in [0.717, 1.165) is 122 Å². The predicted octanol–water partition coefficient (Wildman–Crippen LogP) is 34.1. The number of benzene rings is 15. The van der Waals surface area contributed by atoms with E-state index in [1.54, 1.807) is 0 Å². The van der Waals surface area contributed by atoms with Crippen LogP contribution < -0.4 is 24.9 Å². The molecule has 0 bridgehead atoms. The van der Waals surface area contributed by atoms with E-state index in [1.165, 1.54) is 66.8 Å². The third-order valence-corrected chi connectivity index (χ3v) is 22.0. The van der Waals surface area contributed by atoms with Crippen molar-refractivity contribution in [2.75, 3.05) is 24.9 Å². The van der Waals surface area contributed by atoms with Crippen molar-refractivity contribution in [1.29, 1.82) is 0 Å². The average molecular weight is 1920 g/mol. The first-order chi connectivity index (χ1) is 53.9. The Labute approximate surface area is 721 Å². The van der Waals surface area contributed by atoms with Crippen molar-refractivity contribution in [3.05, 3.63) is 421 Å². The van der Waals surface area contributed by atoms with Gasteiger partial charge in [-0.25, -0.2) is 0 Å². The topological polar surface area (TPSA) is 25.0 Å². The maximum absolute atomic E-state index is 3.49. The van der Waals surface area contributed by atoms with Gasteiger partial charge < -0.3 is 24.9 Å². The monoisotopic (exact) mass is 1910 g/mol. The average Bonchev–Trinajstić information content (AvgIpc) is 0.760. The molecule has 0 saturated carbocycles. The number of nitrogens with one attached hydrogen (secondary N) is 1. The predicted molar refractivity (Wildman–Crippen MR) is 506 cm³/mol. The van der Waals surface area contributed by atoms with Crippen molar-refractivity contribution < 1.29 is 0 Å². The van der Waals surface area contributed by atoms with E-state index in [4.69, 9.17) is 0 Å². The normalized spacial score (nSPS) is 10.7. The molecule has 0 aliphatic rings. The smallest absolute Gasteiger partial charge is 0.0488 e. The van der Waals surface area contributed by atoms with Crippen LogP contribution >= 0.6 is 112 Å². The molecule has 5 nitrogen and oxygen atoms in total. The van der Waals surface area contributed by atoms with Gasteiger partial charge >= 0.3 is 0 Å². The summed E-state index contributed by atoms with van der Waals surface area (Å²) >= 11 is 24.0. The van der Waals surface area contributed by atoms with E-state index >= 15 is 0 Å². The molecule has 12 heteroatoms. The fourth-order valence-electron chi connectivity index (χ4n) is 12.8. The standard InChI is InChI=1S/C68H62N4.C14H15N.C12H6Br4.C6H3Br3/c1-47-9-25-57(26-10-47)69(58-27-11-48(2)12-28-58)65-41-55(42-66(45-65)70(59-29-13-49(3)14-30-59)60-31-15-50(4)16-32-60)56-43-67(71(61-33-17-51(5)18-34-61)62-35-19-52(6)20-36-62)46-68(44-56)72(63-37-21-53(7)22-38-63)64-39-23-54(8)24-40-64;1-11-3-7-13(8-4-11)15-14-9-5-12(2)6-10-14;13-9-1-7(2-10(14)5-9)8-3-11(15)6-12(16)4-8;7-4-1-5(8)3-6(9)2-4/h9-46H,1-8H3;3-10,15H,1-2H3;1-6H;1-3H. The van der Waals surface area contributed by atoms with Crippen molar-refractivity contribution in [2.45, 2.75) is 69.2 Å². The van der Waals surface area contributed by atoms with Crippen molar-refractivity contribution in [3.63, 3.8) is 0 Å².